The molecule has 0 spiro atoms. The van der Waals surface area contributed by atoms with Crippen molar-refractivity contribution in [1.29, 1.82) is 0 Å². The summed E-state index contributed by atoms with van der Waals surface area (Å²) in [5, 5.41) is 4.10. The molecule has 0 saturated carbocycles. The molecule has 0 aromatic rings. The second kappa shape index (κ2) is 23.3. The minimum absolute atomic E-state index is 0. The zero-order valence-electron chi connectivity index (χ0n) is 32.7. The SMILES string of the molecule is CC(C)(C)PC(C)(C)C.CC(C)(C)PC(C)(C)C.CC(C)(C)PC(C)(C)C.CC(C)(C)PC(C)(C)C.F[B-](F)(F)F.[Pd].[Pd]. The fraction of sp³-hybridized carbons (Fsp3) is 1.00. The van der Waals surface area contributed by atoms with Crippen LogP contribution in [0.1, 0.15) is 166 Å². The van der Waals surface area contributed by atoms with E-state index < -0.39 is 7.25 Å². The van der Waals surface area contributed by atoms with Gasteiger partial charge in [0.05, 0.1) is 0 Å². The first-order chi connectivity index (χ1) is 16.8. The van der Waals surface area contributed by atoms with Crippen LogP contribution in [0.25, 0.3) is 0 Å². The van der Waals surface area contributed by atoms with Crippen LogP contribution < -0.4 is 0 Å². The van der Waals surface area contributed by atoms with Crippen molar-refractivity contribution in [1.82, 2.24) is 0 Å². The van der Waals surface area contributed by atoms with E-state index in [0.29, 0.717) is 41.2 Å². The summed E-state index contributed by atoms with van der Waals surface area (Å²) in [6.45, 7) is 55.3. The molecule has 0 amide bonds. The normalized spacial score (nSPS) is 13.1. The second-order valence-corrected chi connectivity index (χ2v) is 32.0. The van der Waals surface area contributed by atoms with Gasteiger partial charge in [0, 0.05) is 40.8 Å². The number of rotatable bonds is 0. The van der Waals surface area contributed by atoms with Crippen LogP contribution >= 0.6 is 34.3 Å². The van der Waals surface area contributed by atoms with Crippen LogP contribution in [0.2, 0.25) is 0 Å². The Labute approximate surface area is 305 Å². The fourth-order valence-electron chi connectivity index (χ4n) is 4.50. The molecule has 43 heavy (non-hydrogen) atoms. The van der Waals surface area contributed by atoms with Crippen molar-refractivity contribution in [3.63, 3.8) is 0 Å². The minimum Gasteiger partial charge on any atom is -0.418 e. The summed E-state index contributed by atoms with van der Waals surface area (Å²) in [6.07, 6.45) is 0. The molecule has 0 N–H and O–H groups in total. The Morgan fingerprint density at radius 1 is 0.256 bits per heavy atom. The summed E-state index contributed by atoms with van der Waals surface area (Å²) in [4.78, 5) is 0. The zero-order chi connectivity index (χ0) is 35.3. The van der Waals surface area contributed by atoms with E-state index in [1.54, 1.807) is 0 Å². The van der Waals surface area contributed by atoms with Gasteiger partial charge >= 0.3 is 7.25 Å². The molecule has 0 nitrogen and oxygen atoms in total. The van der Waals surface area contributed by atoms with Crippen LogP contribution in [0.5, 0.6) is 0 Å². The maximum Gasteiger partial charge on any atom is 0.673 e. The average Bonchev–Trinajstić information content (AvgIpc) is 2.28. The van der Waals surface area contributed by atoms with E-state index in [0.717, 1.165) is 34.3 Å². The van der Waals surface area contributed by atoms with Crippen LogP contribution in [-0.4, -0.2) is 48.5 Å². The second-order valence-electron chi connectivity index (χ2n) is 19.0. The largest absolute Gasteiger partial charge is 0.673 e. The maximum absolute atomic E-state index is 9.75. The standard InChI is InChI=1S/4C8H19P.BF4.2Pd/c4*1-7(2,3)9-8(4,5)6;2-1(3,4)5;;/h4*9H,1-6H3;;;/q;;;;-1;;. The molecule has 0 aliphatic rings. The van der Waals surface area contributed by atoms with E-state index in [1.165, 1.54) is 0 Å². The van der Waals surface area contributed by atoms with Gasteiger partial charge < -0.3 is 17.3 Å². The van der Waals surface area contributed by atoms with Crippen LogP contribution in [0, 0.1) is 0 Å². The summed E-state index contributed by atoms with van der Waals surface area (Å²) in [5.74, 6) is 0. The molecule has 0 rings (SSSR count). The first-order valence-electron chi connectivity index (χ1n) is 14.9. The van der Waals surface area contributed by atoms with Gasteiger partial charge in [-0.15, -0.1) is 34.3 Å². The number of hydrogen-bond acceptors (Lipinski definition) is 0. The molecule has 0 heterocycles. The molecule has 0 bridgehead atoms. The van der Waals surface area contributed by atoms with E-state index >= 15 is 0 Å². The molecule has 0 saturated heterocycles. The molecular formula is C32H76BF4P4Pd2-. The average molecular weight is 885 g/mol. The van der Waals surface area contributed by atoms with Crippen LogP contribution in [0.4, 0.5) is 17.3 Å². The smallest absolute Gasteiger partial charge is 0.418 e. The van der Waals surface area contributed by atoms with Gasteiger partial charge in [-0.3, -0.25) is 0 Å². The predicted octanol–water partition coefficient (Wildman–Crippen LogP) is 14.3. The minimum atomic E-state index is -6.00. The molecular weight excluding hydrogens is 808 g/mol. The third-order valence-corrected chi connectivity index (χ3v) is 9.00. The summed E-state index contributed by atoms with van der Waals surface area (Å²) in [6, 6.07) is 0. The van der Waals surface area contributed by atoms with Gasteiger partial charge in [0.25, 0.3) is 0 Å². The fourth-order valence-corrected chi connectivity index (χ4v) is 13.5. The van der Waals surface area contributed by atoms with Crippen molar-refractivity contribution < 1.29 is 58.1 Å². The number of halogens is 4. The third-order valence-electron chi connectivity index (χ3n) is 3.00. The quantitative estimate of drug-likeness (QED) is 0.129. The molecule has 0 aromatic carbocycles. The van der Waals surface area contributed by atoms with Crippen LogP contribution in [-0.2, 0) is 40.8 Å². The first kappa shape index (κ1) is 61.1. The summed E-state index contributed by atoms with van der Waals surface area (Å²) in [5.41, 5.74) is 0. The van der Waals surface area contributed by atoms with Crippen molar-refractivity contribution >= 4 is 41.6 Å². The van der Waals surface area contributed by atoms with Gasteiger partial charge in [-0.2, -0.15) is 0 Å². The van der Waals surface area contributed by atoms with E-state index in [9.17, 15) is 17.3 Å². The molecule has 0 aliphatic carbocycles. The van der Waals surface area contributed by atoms with Gasteiger partial charge in [0.2, 0.25) is 0 Å². The monoisotopic (exact) mass is 883 g/mol. The van der Waals surface area contributed by atoms with Crippen LogP contribution in [0.15, 0.2) is 0 Å². The van der Waals surface area contributed by atoms with Crippen molar-refractivity contribution in [3.8, 4) is 0 Å². The molecule has 276 valence electrons. The van der Waals surface area contributed by atoms with Crippen molar-refractivity contribution in [2.24, 2.45) is 0 Å². The van der Waals surface area contributed by atoms with Crippen molar-refractivity contribution in [3.05, 3.63) is 0 Å². The number of hydrogen-bond donors (Lipinski definition) is 0. The molecule has 0 aromatic heterocycles. The Morgan fingerprint density at radius 3 is 0.302 bits per heavy atom. The van der Waals surface area contributed by atoms with Crippen LogP contribution in [0.3, 0.4) is 0 Å². The molecule has 0 unspecified atom stereocenters. The molecule has 0 aliphatic heterocycles. The summed E-state index contributed by atoms with van der Waals surface area (Å²) in [7, 11) is -1.80. The molecule has 0 fully saturated rings. The van der Waals surface area contributed by atoms with E-state index in [4.69, 9.17) is 0 Å². The molecule has 11 heteroatoms. The summed E-state index contributed by atoms with van der Waals surface area (Å²) < 4.78 is 39.0. The maximum atomic E-state index is 9.75. The molecule has 0 radical (unpaired) electrons. The Balaban J connectivity index is -0.0000000753. The van der Waals surface area contributed by atoms with Gasteiger partial charge in [-0.1, -0.05) is 166 Å². The van der Waals surface area contributed by atoms with E-state index in [2.05, 4.69) is 166 Å². The Kier molecular flexibility index (Phi) is 33.1. The van der Waals surface area contributed by atoms with Crippen molar-refractivity contribution in [2.75, 3.05) is 0 Å². The zero-order valence-corrected chi connectivity index (χ0v) is 39.8. The Hall–Kier alpha value is 2.83. The van der Waals surface area contributed by atoms with Gasteiger partial charge in [0.1, 0.15) is 0 Å². The third kappa shape index (κ3) is 114. The van der Waals surface area contributed by atoms with E-state index in [1.807, 2.05) is 0 Å². The Morgan fingerprint density at radius 2 is 0.302 bits per heavy atom. The van der Waals surface area contributed by atoms with Gasteiger partial charge in [-0.25, -0.2) is 0 Å². The topological polar surface area (TPSA) is 0 Å². The van der Waals surface area contributed by atoms with E-state index in [-0.39, 0.29) is 40.8 Å². The Bertz CT molecular complexity index is 491. The van der Waals surface area contributed by atoms with Gasteiger partial charge in [-0.05, 0) is 41.2 Å². The molecule has 0 atom stereocenters. The summed E-state index contributed by atoms with van der Waals surface area (Å²) >= 11 is 0. The van der Waals surface area contributed by atoms with Crippen molar-refractivity contribution in [2.45, 2.75) is 207 Å². The first-order valence-corrected chi connectivity index (χ1v) is 18.9. The predicted molar refractivity (Wildman–Crippen MR) is 201 cm³/mol. The van der Waals surface area contributed by atoms with Gasteiger partial charge in [0.15, 0.2) is 0 Å².